The first kappa shape index (κ1) is 20.3. The van der Waals surface area contributed by atoms with E-state index in [1.165, 1.54) is 0 Å². The molecule has 1 aromatic rings. The van der Waals surface area contributed by atoms with E-state index in [-0.39, 0.29) is 6.42 Å². The number of methoxy groups -OCH3 is 1. The van der Waals surface area contributed by atoms with Crippen LogP contribution in [0.3, 0.4) is 0 Å². The second-order valence-electron chi connectivity index (χ2n) is 7.60. The van der Waals surface area contributed by atoms with Crippen LogP contribution >= 0.6 is 31.9 Å². The Kier molecular flexibility index (Phi) is 5.14. The quantitative estimate of drug-likeness (QED) is 0.587. The number of carbonyl (C=O) groups is 1. The van der Waals surface area contributed by atoms with Crippen molar-refractivity contribution in [3.05, 3.63) is 25.7 Å². The van der Waals surface area contributed by atoms with E-state index in [4.69, 9.17) is 14.2 Å². The average molecular weight is 502 g/mol. The standard InChI is InChI=1S/C20H22Br2O5/c1-19(2)14(22)9-12-17(26-19)10(6-7-15(23)24)16(25-5)11-8-13(21)20(3,4)27-18(11)12/h8-9H,6-7H2,1-5H3,(H,23,24). The second-order valence-corrected chi connectivity index (χ2v) is 9.31. The zero-order valence-electron chi connectivity index (χ0n) is 15.9. The van der Waals surface area contributed by atoms with Crippen molar-refractivity contribution in [3.63, 3.8) is 0 Å². The van der Waals surface area contributed by atoms with Crippen LogP contribution in [0.2, 0.25) is 0 Å². The monoisotopic (exact) mass is 500 g/mol. The van der Waals surface area contributed by atoms with Gasteiger partial charge >= 0.3 is 5.97 Å². The number of benzene rings is 1. The van der Waals surface area contributed by atoms with Crippen LogP contribution in [-0.4, -0.2) is 29.4 Å². The van der Waals surface area contributed by atoms with Crippen LogP contribution in [0, 0.1) is 0 Å². The van der Waals surface area contributed by atoms with Crippen molar-refractivity contribution in [2.75, 3.05) is 7.11 Å². The summed E-state index contributed by atoms with van der Waals surface area (Å²) in [5, 5.41) is 9.19. The van der Waals surface area contributed by atoms with E-state index in [1.807, 2.05) is 39.8 Å². The molecule has 0 radical (unpaired) electrons. The number of carboxylic acid groups (broad SMARTS) is 1. The van der Waals surface area contributed by atoms with E-state index in [2.05, 4.69) is 31.9 Å². The number of hydrogen-bond donors (Lipinski definition) is 1. The third-order valence-corrected chi connectivity index (χ3v) is 7.09. The highest BCUT2D eigenvalue weighted by Gasteiger charge is 2.39. The van der Waals surface area contributed by atoms with Crippen molar-refractivity contribution < 1.29 is 24.1 Å². The van der Waals surface area contributed by atoms with E-state index in [0.29, 0.717) is 23.7 Å². The molecular formula is C20H22Br2O5. The maximum atomic E-state index is 11.2. The molecule has 0 saturated heterocycles. The smallest absolute Gasteiger partial charge is 0.303 e. The van der Waals surface area contributed by atoms with Crippen LogP contribution in [0.15, 0.2) is 8.96 Å². The lowest BCUT2D eigenvalue weighted by atomic mass is 9.90. The van der Waals surface area contributed by atoms with Crippen LogP contribution in [-0.2, 0) is 11.2 Å². The van der Waals surface area contributed by atoms with Crippen LogP contribution in [0.4, 0.5) is 0 Å². The Bertz CT molecular complexity index is 881. The lowest BCUT2D eigenvalue weighted by Crippen LogP contribution is -2.34. The van der Waals surface area contributed by atoms with Crippen molar-refractivity contribution in [1.29, 1.82) is 0 Å². The third-order valence-electron chi connectivity index (χ3n) is 4.73. The Labute approximate surface area is 175 Å². The summed E-state index contributed by atoms with van der Waals surface area (Å²) >= 11 is 7.19. The summed E-state index contributed by atoms with van der Waals surface area (Å²) < 4.78 is 20.1. The molecular weight excluding hydrogens is 480 g/mol. The van der Waals surface area contributed by atoms with E-state index in [1.54, 1.807) is 7.11 Å². The van der Waals surface area contributed by atoms with Crippen molar-refractivity contribution in [2.45, 2.75) is 51.7 Å². The normalized spacial score (nSPS) is 18.9. The number of halogens is 2. The van der Waals surface area contributed by atoms with E-state index in [9.17, 15) is 9.90 Å². The highest BCUT2D eigenvalue weighted by molar-refractivity contribution is 9.12. The van der Waals surface area contributed by atoms with Gasteiger partial charge < -0.3 is 19.3 Å². The second kappa shape index (κ2) is 6.85. The summed E-state index contributed by atoms with van der Waals surface area (Å²) in [5.41, 5.74) is 1.19. The summed E-state index contributed by atoms with van der Waals surface area (Å²) in [6, 6.07) is 0. The predicted octanol–water partition coefficient (Wildman–Crippen LogP) is 5.53. The Morgan fingerprint density at radius 2 is 1.56 bits per heavy atom. The zero-order valence-corrected chi connectivity index (χ0v) is 19.1. The minimum Gasteiger partial charge on any atom is -0.496 e. The maximum Gasteiger partial charge on any atom is 0.303 e. The summed E-state index contributed by atoms with van der Waals surface area (Å²) in [5.74, 6) is 0.993. The van der Waals surface area contributed by atoms with E-state index in [0.717, 1.165) is 25.7 Å². The lowest BCUT2D eigenvalue weighted by molar-refractivity contribution is -0.136. The molecule has 0 aromatic heterocycles. The summed E-state index contributed by atoms with van der Waals surface area (Å²) in [4.78, 5) is 11.2. The fourth-order valence-corrected chi connectivity index (χ4v) is 3.79. The first-order valence-corrected chi connectivity index (χ1v) is 10.2. The largest absolute Gasteiger partial charge is 0.496 e. The lowest BCUT2D eigenvalue weighted by Gasteiger charge is -2.38. The fourth-order valence-electron chi connectivity index (χ4n) is 3.17. The molecule has 0 atom stereocenters. The highest BCUT2D eigenvalue weighted by Crippen LogP contribution is 2.54. The molecule has 0 spiro atoms. The first-order chi connectivity index (χ1) is 12.5. The fraction of sp³-hybridized carbons (Fsp3) is 0.450. The van der Waals surface area contributed by atoms with Crippen LogP contribution < -0.4 is 14.2 Å². The SMILES string of the molecule is COc1c2c(c3c(c1CCC(=O)O)OC(C)(C)C(Br)=C3)OC(C)(C)C(Br)=C2. The molecule has 0 aliphatic carbocycles. The van der Waals surface area contributed by atoms with Gasteiger partial charge in [0.25, 0.3) is 0 Å². The number of ether oxygens (including phenoxy) is 3. The van der Waals surface area contributed by atoms with Crippen molar-refractivity contribution in [1.82, 2.24) is 0 Å². The molecule has 2 aliphatic heterocycles. The molecule has 3 rings (SSSR count). The van der Waals surface area contributed by atoms with Gasteiger partial charge in [0.15, 0.2) is 0 Å². The Morgan fingerprint density at radius 3 is 2.07 bits per heavy atom. The molecule has 2 aliphatic rings. The third kappa shape index (κ3) is 3.51. The highest BCUT2D eigenvalue weighted by atomic mass is 79.9. The van der Waals surface area contributed by atoms with Crippen molar-refractivity contribution in [2.24, 2.45) is 0 Å². The van der Waals surface area contributed by atoms with Crippen LogP contribution in [0.1, 0.15) is 50.8 Å². The molecule has 0 unspecified atom stereocenters. The molecule has 2 heterocycles. The Balaban J connectivity index is 2.34. The van der Waals surface area contributed by atoms with E-state index < -0.39 is 17.2 Å². The van der Waals surface area contributed by atoms with Crippen LogP contribution in [0.25, 0.3) is 12.2 Å². The Morgan fingerprint density at radius 1 is 1.04 bits per heavy atom. The van der Waals surface area contributed by atoms with Gasteiger partial charge in [-0.3, -0.25) is 4.79 Å². The molecule has 0 bridgehead atoms. The molecule has 1 aromatic carbocycles. The van der Waals surface area contributed by atoms with Gasteiger partial charge in [0, 0.05) is 20.9 Å². The van der Waals surface area contributed by atoms with Gasteiger partial charge in [-0.2, -0.15) is 0 Å². The van der Waals surface area contributed by atoms with E-state index >= 15 is 0 Å². The average Bonchev–Trinajstić information content (AvgIpc) is 2.55. The molecule has 7 heteroatoms. The molecule has 0 amide bonds. The zero-order chi connectivity index (χ0) is 20.1. The first-order valence-electron chi connectivity index (χ1n) is 8.60. The Hall–Kier alpha value is -1.47. The number of rotatable bonds is 4. The minimum atomic E-state index is -0.871. The van der Waals surface area contributed by atoms with Gasteiger partial charge in [-0.05, 0) is 46.3 Å². The molecule has 27 heavy (non-hydrogen) atoms. The summed E-state index contributed by atoms with van der Waals surface area (Å²) in [7, 11) is 1.58. The molecule has 5 nitrogen and oxygen atoms in total. The number of carboxylic acids is 1. The summed E-state index contributed by atoms with van der Waals surface area (Å²) in [6.45, 7) is 7.84. The van der Waals surface area contributed by atoms with Gasteiger partial charge in [0.2, 0.25) is 0 Å². The molecule has 1 N–H and O–H groups in total. The number of hydrogen-bond acceptors (Lipinski definition) is 4. The molecule has 0 saturated carbocycles. The topological polar surface area (TPSA) is 65.0 Å². The van der Waals surface area contributed by atoms with Gasteiger partial charge in [-0.1, -0.05) is 31.9 Å². The van der Waals surface area contributed by atoms with Crippen molar-refractivity contribution in [3.8, 4) is 17.2 Å². The van der Waals surface area contributed by atoms with Gasteiger partial charge in [0.1, 0.15) is 28.5 Å². The van der Waals surface area contributed by atoms with Gasteiger partial charge in [0.05, 0.1) is 18.2 Å². The predicted molar refractivity (Wildman–Crippen MR) is 112 cm³/mol. The number of aliphatic carboxylic acids is 1. The number of fused-ring (bicyclic) bond motifs is 3. The van der Waals surface area contributed by atoms with Crippen molar-refractivity contribution >= 4 is 50.0 Å². The minimum absolute atomic E-state index is 0.0203. The maximum absolute atomic E-state index is 11.2. The molecule has 146 valence electrons. The van der Waals surface area contributed by atoms with Crippen LogP contribution in [0.5, 0.6) is 17.2 Å². The summed E-state index contributed by atoms with van der Waals surface area (Å²) in [6.07, 6.45) is 4.24. The van der Waals surface area contributed by atoms with Gasteiger partial charge in [-0.15, -0.1) is 0 Å². The van der Waals surface area contributed by atoms with Gasteiger partial charge in [-0.25, -0.2) is 0 Å². The molecule has 0 fully saturated rings.